The maximum atomic E-state index is 12.0. The van der Waals surface area contributed by atoms with E-state index in [1.807, 2.05) is 4.90 Å². The Labute approximate surface area is 125 Å². The quantitative estimate of drug-likeness (QED) is 0.778. The van der Waals surface area contributed by atoms with E-state index in [1.165, 1.54) is 0 Å². The summed E-state index contributed by atoms with van der Waals surface area (Å²) >= 11 is 0. The summed E-state index contributed by atoms with van der Waals surface area (Å²) in [5.41, 5.74) is 0. The maximum Gasteiger partial charge on any atom is 0.242 e. The molecule has 6 nitrogen and oxygen atoms in total. The summed E-state index contributed by atoms with van der Waals surface area (Å²) < 4.78 is 0. The number of nitrogens with zero attached hydrogens (tertiary/aromatic N) is 1. The van der Waals surface area contributed by atoms with E-state index in [2.05, 4.69) is 17.6 Å². The molecule has 0 aromatic rings. The monoisotopic (exact) mass is 295 g/mol. The molecule has 2 heterocycles. The summed E-state index contributed by atoms with van der Waals surface area (Å²) in [6, 6.07) is -0.257. The minimum atomic E-state index is -0.373. The second-order valence-electron chi connectivity index (χ2n) is 5.93. The van der Waals surface area contributed by atoms with Gasteiger partial charge in [-0.25, -0.2) is 0 Å². The van der Waals surface area contributed by atoms with E-state index in [9.17, 15) is 14.4 Å². The molecule has 0 saturated carbocycles. The number of carbonyl (C=O) groups excluding carboxylic acids is 3. The smallest absolute Gasteiger partial charge is 0.242 e. The van der Waals surface area contributed by atoms with Gasteiger partial charge in [-0.15, -0.1) is 0 Å². The Morgan fingerprint density at radius 1 is 1.29 bits per heavy atom. The van der Waals surface area contributed by atoms with Gasteiger partial charge < -0.3 is 15.5 Å². The molecule has 2 aliphatic rings. The van der Waals surface area contributed by atoms with Gasteiger partial charge in [0.2, 0.25) is 17.7 Å². The van der Waals surface area contributed by atoms with Gasteiger partial charge in [0.15, 0.2) is 0 Å². The maximum absolute atomic E-state index is 12.0. The molecule has 2 saturated heterocycles. The SMILES string of the molecule is CCCCC(=O)N1CCC(NC(=O)C2CCC(=O)N2)CC1. The predicted octanol–water partition coefficient (Wildman–Crippen LogP) is 0.562. The van der Waals surface area contributed by atoms with Crippen LogP contribution in [0.2, 0.25) is 0 Å². The summed E-state index contributed by atoms with van der Waals surface area (Å²) in [6.45, 7) is 3.51. The van der Waals surface area contributed by atoms with E-state index in [-0.39, 0.29) is 29.8 Å². The summed E-state index contributed by atoms with van der Waals surface area (Å²) in [7, 11) is 0. The van der Waals surface area contributed by atoms with Gasteiger partial charge in [0.05, 0.1) is 0 Å². The molecule has 2 fully saturated rings. The molecule has 0 radical (unpaired) electrons. The van der Waals surface area contributed by atoms with Crippen molar-refractivity contribution in [1.82, 2.24) is 15.5 Å². The highest BCUT2D eigenvalue weighted by molar-refractivity contribution is 5.90. The zero-order valence-electron chi connectivity index (χ0n) is 12.7. The van der Waals surface area contributed by atoms with Gasteiger partial charge in [-0.3, -0.25) is 14.4 Å². The number of carbonyl (C=O) groups is 3. The molecule has 0 aromatic heterocycles. The van der Waals surface area contributed by atoms with Gasteiger partial charge in [-0.2, -0.15) is 0 Å². The average molecular weight is 295 g/mol. The molecule has 0 aromatic carbocycles. The first-order valence-corrected chi connectivity index (χ1v) is 7.97. The number of unbranched alkanes of at least 4 members (excludes halogenated alkanes) is 1. The standard InChI is InChI=1S/C15H25N3O3/c1-2-3-4-14(20)18-9-7-11(8-10-18)16-15(21)12-5-6-13(19)17-12/h11-12H,2-10H2,1H3,(H,16,21)(H,17,19). The highest BCUT2D eigenvalue weighted by Crippen LogP contribution is 2.14. The molecule has 2 rings (SSSR count). The Morgan fingerprint density at radius 3 is 2.57 bits per heavy atom. The van der Waals surface area contributed by atoms with Crippen LogP contribution in [0.1, 0.15) is 51.9 Å². The number of nitrogens with one attached hydrogen (secondary N) is 2. The van der Waals surface area contributed by atoms with E-state index in [0.717, 1.165) is 25.7 Å². The zero-order valence-corrected chi connectivity index (χ0v) is 12.7. The third-order valence-electron chi connectivity index (χ3n) is 4.25. The van der Waals surface area contributed by atoms with E-state index in [1.54, 1.807) is 0 Å². The number of rotatable bonds is 5. The van der Waals surface area contributed by atoms with Gasteiger partial charge in [-0.1, -0.05) is 13.3 Å². The lowest BCUT2D eigenvalue weighted by Gasteiger charge is -2.33. The van der Waals surface area contributed by atoms with Gasteiger partial charge in [0, 0.05) is 32.0 Å². The first-order chi connectivity index (χ1) is 10.1. The molecule has 1 atom stereocenters. The Morgan fingerprint density at radius 2 is 2.00 bits per heavy atom. The molecule has 1 unspecified atom stereocenters. The molecule has 0 spiro atoms. The number of piperidine rings is 1. The minimum absolute atomic E-state index is 0.0495. The Bertz CT molecular complexity index is 403. The highest BCUT2D eigenvalue weighted by atomic mass is 16.2. The lowest BCUT2D eigenvalue weighted by atomic mass is 10.0. The van der Waals surface area contributed by atoms with Crippen LogP contribution in [0.25, 0.3) is 0 Å². The fourth-order valence-corrected chi connectivity index (χ4v) is 2.87. The van der Waals surface area contributed by atoms with Gasteiger partial charge in [-0.05, 0) is 25.7 Å². The van der Waals surface area contributed by atoms with Crippen molar-refractivity contribution in [2.75, 3.05) is 13.1 Å². The van der Waals surface area contributed by atoms with Crippen molar-refractivity contribution in [3.63, 3.8) is 0 Å². The van der Waals surface area contributed by atoms with Crippen LogP contribution >= 0.6 is 0 Å². The van der Waals surface area contributed by atoms with E-state index >= 15 is 0 Å². The van der Waals surface area contributed by atoms with Crippen molar-refractivity contribution in [2.45, 2.75) is 64.0 Å². The molecular weight excluding hydrogens is 270 g/mol. The third-order valence-corrected chi connectivity index (χ3v) is 4.25. The Hall–Kier alpha value is -1.59. The van der Waals surface area contributed by atoms with Crippen molar-refractivity contribution in [2.24, 2.45) is 0 Å². The van der Waals surface area contributed by atoms with E-state index in [0.29, 0.717) is 32.4 Å². The van der Waals surface area contributed by atoms with Crippen molar-refractivity contribution in [3.8, 4) is 0 Å². The molecule has 21 heavy (non-hydrogen) atoms. The Kier molecular flexibility index (Phi) is 5.59. The summed E-state index contributed by atoms with van der Waals surface area (Å²) in [4.78, 5) is 36.9. The average Bonchev–Trinajstić information content (AvgIpc) is 2.92. The van der Waals surface area contributed by atoms with E-state index in [4.69, 9.17) is 0 Å². The third kappa shape index (κ3) is 4.44. The van der Waals surface area contributed by atoms with Gasteiger partial charge in [0.1, 0.15) is 6.04 Å². The van der Waals surface area contributed by atoms with Crippen LogP contribution in [0.5, 0.6) is 0 Å². The summed E-state index contributed by atoms with van der Waals surface area (Å²) in [6.07, 6.45) is 5.21. The minimum Gasteiger partial charge on any atom is -0.351 e. The lowest BCUT2D eigenvalue weighted by molar-refractivity contribution is -0.132. The molecule has 0 bridgehead atoms. The number of hydrogen-bond acceptors (Lipinski definition) is 3. The van der Waals surface area contributed by atoms with Crippen molar-refractivity contribution < 1.29 is 14.4 Å². The first kappa shape index (κ1) is 15.8. The van der Waals surface area contributed by atoms with Crippen LogP contribution < -0.4 is 10.6 Å². The lowest BCUT2D eigenvalue weighted by Crippen LogP contribution is -2.50. The predicted molar refractivity (Wildman–Crippen MR) is 78.4 cm³/mol. The van der Waals surface area contributed by atoms with Crippen LogP contribution in [0.4, 0.5) is 0 Å². The van der Waals surface area contributed by atoms with Crippen LogP contribution in [0.3, 0.4) is 0 Å². The Balaban J connectivity index is 1.70. The first-order valence-electron chi connectivity index (χ1n) is 7.97. The molecule has 2 N–H and O–H groups in total. The van der Waals surface area contributed by atoms with Crippen LogP contribution in [-0.2, 0) is 14.4 Å². The molecule has 0 aliphatic carbocycles. The second kappa shape index (κ2) is 7.43. The number of amides is 3. The normalized spacial score (nSPS) is 23.0. The van der Waals surface area contributed by atoms with Crippen LogP contribution in [0, 0.1) is 0 Å². The molecular formula is C15H25N3O3. The second-order valence-corrected chi connectivity index (χ2v) is 5.93. The summed E-state index contributed by atoms with van der Waals surface area (Å²) in [5.74, 6) is 0.0905. The van der Waals surface area contributed by atoms with Crippen LogP contribution in [-0.4, -0.2) is 47.8 Å². The molecule has 2 aliphatic heterocycles. The van der Waals surface area contributed by atoms with E-state index < -0.39 is 0 Å². The van der Waals surface area contributed by atoms with Gasteiger partial charge >= 0.3 is 0 Å². The molecule has 6 heteroatoms. The van der Waals surface area contributed by atoms with Crippen molar-refractivity contribution >= 4 is 17.7 Å². The fourth-order valence-electron chi connectivity index (χ4n) is 2.87. The largest absolute Gasteiger partial charge is 0.351 e. The zero-order chi connectivity index (χ0) is 15.2. The number of hydrogen-bond donors (Lipinski definition) is 2. The highest BCUT2D eigenvalue weighted by Gasteiger charge is 2.30. The topological polar surface area (TPSA) is 78.5 Å². The summed E-state index contributed by atoms with van der Waals surface area (Å²) in [5, 5.41) is 5.67. The molecule has 118 valence electrons. The number of likely N-dealkylation sites (tertiary alicyclic amines) is 1. The van der Waals surface area contributed by atoms with Crippen molar-refractivity contribution in [1.29, 1.82) is 0 Å². The van der Waals surface area contributed by atoms with Crippen molar-refractivity contribution in [3.05, 3.63) is 0 Å². The van der Waals surface area contributed by atoms with Crippen LogP contribution in [0.15, 0.2) is 0 Å². The fraction of sp³-hybridized carbons (Fsp3) is 0.800. The van der Waals surface area contributed by atoms with Gasteiger partial charge in [0.25, 0.3) is 0 Å². The molecule has 3 amide bonds.